The first kappa shape index (κ1) is 12.8. The summed E-state index contributed by atoms with van der Waals surface area (Å²) >= 11 is 0. The fraction of sp³-hybridized carbons (Fsp3) is 0.364. The number of rotatable bonds is 3. The zero-order valence-electron chi connectivity index (χ0n) is 10.2. The van der Waals surface area contributed by atoms with E-state index >= 15 is 0 Å². The maximum atomic E-state index is 11.8. The Morgan fingerprint density at radius 3 is 2.61 bits per heavy atom. The van der Waals surface area contributed by atoms with E-state index in [1.165, 1.54) is 0 Å². The molecule has 1 aromatic carbocycles. The van der Waals surface area contributed by atoms with Crippen molar-refractivity contribution in [1.29, 1.82) is 0 Å². The molecule has 0 aromatic heterocycles. The molecule has 18 heavy (non-hydrogen) atoms. The SMILES string of the molecule is CC(C)N1C(=O)Cc2cc(NS(N)(=O)=O)ccc21. The molecule has 7 heteroatoms. The van der Waals surface area contributed by atoms with E-state index in [4.69, 9.17) is 5.14 Å². The van der Waals surface area contributed by atoms with Gasteiger partial charge in [0.05, 0.1) is 12.1 Å². The van der Waals surface area contributed by atoms with E-state index in [9.17, 15) is 13.2 Å². The fourth-order valence-corrected chi connectivity index (χ4v) is 2.59. The molecule has 2 rings (SSSR count). The number of hydrogen-bond donors (Lipinski definition) is 2. The molecule has 3 N–H and O–H groups in total. The Morgan fingerprint density at radius 1 is 1.39 bits per heavy atom. The number of hydrogen-bond acceptors (Lipinski definition) is 3. The molecule has 0 radical (unpaired) electrons. The van der Waals surface area contributed by atoms with Gasteiger partial charge in [-0.15, -0.1) is 0 Å². The number of fused-ring (bicyclic) bond motifs is 1. The van der Waals surface area contributed by atoms with E-state index in [1.807, 2.05) is 13.8 Å². The summed E-state index contributed by atoms with van der Waals surface area (Å²) in [6, 6.07) is 5.04. The summed E-state index contributed by atoms with van der Waals surface area (Å²) in [4.78, 5) is 13.5. The van der Waals surface area contributed by atoms with Crippen LogP contribution in [0.2, 0.25) is 0 Å². The number of nitrogens with zero attached hydrogens (tertiary/aromatic N) is 1. The summed E-state index contributed by atoms with van der Waals surface area (Å²) in [5.41, 5.74) is 2.01. The van der Waals surface area contributed by atoms with Gasteiger partial charge in [0, 0.05) is 11.7 Å². The van der Waals surface area contributed by atoms with Gasteiger partial charge in [-0.25, -0.2) is 5.14 Å². The molecule has 0 spiro atoms. The molecule has 0 aliphatic carbocycles. The Balaban J connectivity index is 2.36. The smallest absolute Gasteiger partial charge is 0.296 e. The molecule has 1 amide bonds. The molecule has 6 nitrogen and oxygen atoms in total. The molecule has 0 unspecified atom stereocenters. The quantitative estimate of drug-likeness (QED) is 0.841. The highest BCUT2D eigenvalue weighted by Gasteiger charge is 2.29. The minimum atomic E-state index is -3.79. The molecule has 0 atom stereocenters. The van der Waals surface area contributed by atoms with Crippen LogP contribution in [-0.4, -0.2) is 20.4 Å². The van der Waals surface area contributed by atoms with Crippen LogP contribution in [0, 0.1) is 0 Å². The van der Waals surface area contributed by atoms with Crippen LogP contribution in [0.1, 0.15) is 19.4 Å². The predicted octanol–water partition coefficient (Wildman–Crippen LogP) is 0.600. The van der Waals surface area contributed by atoms with Gasteiger partial charge >= 0.3 is 0 Å². The Bertz CT molecular complexity index is 596. The van der Waals surface area contributed by atoms with Gasteiger partial charge in [-0.3, -0.25) is 9.52 Å². The standard InChI is InChI=1S/C11H15N3O3S/c1-7(2)14-10-4-3-9(13-18(12,16)17)5-8(10)6-11(14)15/h3-5,7,13H,6H2,1-2H3,(H2,12,16,17). The predicted molar refractivity (Wildman–Crippen MR) is 69.5 cm³/mol. The van der Waals surface area contributed by atoms with Crippen molar-refractivity contribution in [2.75, 3.05) is 9.62 Å². The topological polar surface area (TPSA) is 92.5 Å². The molecule has 0 bridgehead atoms. The first-order chi connectivity index (χ1) is 8.28. The molecule has 1 heterocycles. The third kappa shape index (κ3) is 2.46. The molecule has 98 valence electrons. The third-order valence-electron chi connectivity index (χ3n) is 2.73. The molecular weight excluding hydrogens is 254 g/mol. The first-order valence-electron chi connectivity index (χ1n) is 5.53. The second-order valence-corrected chi connectivity index (χ2v) is 5.82. The van der Waals surface area contributed by atoms with Crippen molar-refractivity contribution >= 4 is 27.5 Å². The van der Waals surface area contributed by atoms with Gasteiger partial charge in [0.15, 0.2) is 0 Å². The number of benzene rings is 1. The second-order valence-electron chi connectivity index (χ2n) is 4.52. The number of amides is 1. The molecule has 1 aliphatic rings. The van der Waals surface area contributed by atoms with Gasteiger partial charge < -0.3 is 4.90 Å². The van der Waals surface area contributed by atoms with Crippen LogP contribution >= 0.6 is 0 Å². The largest absolute Gasteiger partial charge is 0.309 e. The molecule has 0 saturated carbocycles. The first-order valence-corrected chi connectivity index (χ1v) is 7.08. The Morgan fingerprint density at radius 2 is 2.06 bits per heavy atom. The number of carbonyl (C=O) groups is 1. The lowest BCUT2D eigenvalue weighted by Gasteiger charge is -2.21. The second kappa shape index (κ2) is 4.25. The lowest BCUT2D eigenvalue weighted by Crippen LogP contribution is -2.33. The van der Waals surface area contributed by atoms with Gasteiger partial charge in [0.25, 0.3) is 10.2 Å². The van der Waals surface area contributed by atoms with Crippen molar-refractivity contribution in [2.24, 2.45) is 5.14 Å². The number of anilines is 2. The van der Waals surface area contributed by atoms with Crippen LogP contribution < -0.4 is 14.8 Å². The molecule has 1 aliphatic heterocycles. The fourth-order valence-electron chi connectivity index (χ4n) is 2.14. The van der Waals surface area contributed by atoms with E-state index in [0.717, 1.165) is 11.3 Å². The summed E-state index contributed by atoms with van der Waals surface area (Å²) in [6.45, 7) is 3.87. The summed E-state index contributed by atoms with van der Waals surface area (Å²) in [6.07, 6.45) is 0.285. The van der Waals surface area contributed by atoms with Crippen LogP contribution in [0.4, 0.5) is 11.4 Å². The average molecular weight is 269 g/mol. The van der Waals surface area contributed by atoms with Crippen molar-refractivity contribution < 1.29 is 13.2 Å². The van der Waals surface area contributed by atoms with Crippen LogP contribution in [0.5, 0.6) is 0 Å². The minimum Gasteiger partial charge on any atom is -0.309 e. The summed E-state index contributed by atoms with van der Waals surface area (Å²) in [7, 11) is -3.79. The Labute approximate surface area is 106 Å². The normalized spacial score (nSPS) is 15.1. The lowest BCUT2D eigenvalue weighted by molar-refractivity contribution is -0.117. The number of carbonyl (C=O) groups excluding carboxylic acids is 1. The van der Waals surface area contributed by atoms with Crippen molar-refractivity contribution in [2.45, 2.75) is 26.3 Å². The molecule has 0 saturated heterocycles. The maximum Gasteiger partial charge on any atom is 0.296 e. The minimum absolute atomic E-state index is 0.0211. The molecular formula is C11H15N3O3S. The van der Waals surface area contributed by atoms with E-state index in [0.29, 0.717) is 5.69 Å². The van der Waals surface area contributed by atoms with Crippen molar-refractivity contribution in [3.8, 4) is 0 Å². The maximum absolute atomic E-state index is 11.8. The van der Waals surface area contributed by atoms with E-state index in [2.05, 4.69) is 4.72 Å². The van der Waals surface area contributed by atoms with Gasteiger partial charge in [0.1, 0.15) is 0 Å². The van der Waals surface area contributed by atoms with E-state index < -0.39 is 10.2 Å². The Kier molecular flexibility index (Phi) is 3.04. The van der Waals surface area contributed by atoms with Gasteiger partial charge in [-0.1, -0.05) is 0 Å². The van der Waals surface area contributed by atoms with Crippen LogP contribution in [0.3, 0.4) is 0 Å². The Hall–Kier alpha value is -1.60. The number of nitrogens with two attached hydrogens (primary N) is 1. The number of nitrogens with one attached hydrogen (secondary N) is 1. The summed E-state index contributed by atoms with van der Waals surface area (Å²) in [5.74, 6) is 0.0211. The van der Waals surface area contributed by atoms with Crippen LogP contribution in [-0.2, 0) is 21.4 Å². The lowest BCUT2D eigenvalue weighted by atomic mass is 10.1. The molecule has 0 fully saturated rings. The third-order valence-corrected chi connectivity index (χ3v) is 3.25. The van der Waals surface area contributed by atoms with Crippen LogP contribution in [0.15, 0.2) is 18.2 Å². The zero-order chi connectivity index (χ0) is 13.5. The highest BCUT2D eigenvalue weighted by atomic mass is 32.2. The summed E-state index contributed by atoms with van der Waals surface area (Å²) < 4.78 is 24.0. The average Bonchev–Trinajstić information content (AvgIpc) is 2.50. The van der Waals surface area contributed by atoms with Gasteiger partial charge in [0.2, 0.25) is 5.91 Å². The van der Waals surface area contributed by atoms with Crippen molar-refractivity contribution in [1.82, 2.24) is 0 Å². The van der Waals surface area contributed by atoms with Crippen molar-refractivity contribution in [3.63, 3.8) is 0 Å². The summed E-state index contributed by atoms with van der Waals surface area (Å²) in [5, 5.41) is 4.90. The van der Waals surface area contributed by atoms with Gasteiger partial charge in [-0.2, -0.15) is 8.42 Å². The highest BCUT2D eigenvalue weighted by molar-refractivity contribution is 7.90. The molecule has 1 aromatic rings. The van der Waals surface area contributed by atoms with Crippen molar-refractivity contribution in [3.05, 3.63) is 23.8 Å². The zero-order valence-corrected chi connectivity index (χ0v) is 11.0. The van der Waals surface area contributed by atoms with Gasteiger partial charge in [-0.05, 0) is 37.6 Å². The monoisotopic (exact) mass is 269 g/mol. The van der Waals surface area contributed by atoms with E-state index in [1.54, 1.807) is 23.1 Å². The van der Waals surface area contributed by atoms with E-state index in [-0.39, 0.29) is 18.4 Å². The highest BCUT2D eigenvalue weighted by Crippen LogP contribution is 2.32. The van der Waals surface area contributed by atoms with Crippen LogP contribution in [0.25, 0.3) is 0 Å².